The number of hydrogen-bond acceptors (Lipinski definition) is 1. The Morgan fingerprint density at radius 3 is 3.07 bits per heavy atom. The number of terminal acetylenes is 1. The molecule has 1 heterocycles. The smallest absolute Gasteiger partial charge is 0.108 e. The Labute approximate surface area is 85.2 Å². The summed E-state index contributed by atoms with van der Waals surface area (Å²) >= 11 is 0. The third-order valence-electron chi connectivity index (χ3n) is 1.95. The van der Waals surface area contributed by atoms with Crippen LogP contribution < -0.4 is 0 Å². The minimum Gasteiger partial charge on any atom is -0.362 e. The van der Waals surface area contributed by atoms with Crippen LogP contribution in [0.4, 0.5) is 0 Å². The SMILES string of the molecule is C#CCOC(C)/C=C/c1cccn1C. The Kier molecular flexibility index (Phi) is 4.03. The Morgan fingerprint density at radius 1 is 1.71 bits per heavy atom. The van der Waals surface area contributed by atoms with E-state index >= 15 is 0 Å². The zero-order chi connectivity index (χ0) is 10.4. The van der Waals surface area contributed by atoms with Crippen LogP contribution in [0.15, 0.2) is 24.4 Å². The molecule has 0 aliphatic heterocycles. The van der Waals surface area contributed by atoms with Gasteiger partial charge in [-0.05, 0) is 25.1 Å². The van der Waals surface area contributed by atoms with Crippen LogP contribution >= 0.6 is 0 Å². The van der Waals surface area contributed by atoms with Crippen molar-refractivity contribution < 1.29 is 4.74 Å². The van der Waals surface area contributed by atoms with Gasteiger partial charge < -0.3 is 9.30 Å². The predicted octanol–water partition coefficient (Wildman–Crippen LogP) is 2.08. The van der Waals surface area contributed by atoms with Crippen molar-refractivity contribution in [3.05, 3.63) is 30.1 Å². The monoisotopic (exact) mass is 189 g/mol. The fourth-order valence-electron chi connectivity index (χ4n) is 1.12. The molecule has 0 bridgehead atoms. The molecule has 0 saturated heterocycles. The summed E-state index contributed by atoms with van der Waals surface area (Å²) in [6, 6.07) is 4.05. The Balaban J connectivity index is 2.48. The second-order valence-electron chi connectivity index (χ2n) is 3.12. The van der Waals surface area contributed by atoms with Crippen LogP contribution in [0.2, 0.25) is 0 Å². The van der Waals surface area contributed by atoms with Crippen LogP contribution in [0.3, 0.4) is 0 Å². The van der Waals surface area contributed by atoms with E-state index in [1.165, 1.54) is 0 Å². The number of ether oxygens (including phenoxy) is 1. The molecule has 0 aliphatic rings. The minimum absolute atomic E-state index is 0.0564. The molecule has 0 fully saturated rings. The lowest BCUT2D eigenvalue weighted by atomic mass is 10.3. The zero-order valence-corrected chi connectivity index (χ0v) is 8.60. The quantitative estimate of drug-likeness (QED) is 0.661. The number of aromatic nitrogens is 1. The van der Waals surface area contributed by atoms with E-state index in [0.29, 0.717) is 6.61 Å². The molecule has 2 nitrogen and oxygen atoms in total. The number of aryl methyl sites for hydroxylation is 1. The molecule has 0 radical (unpaired) electrons. The maximum atomic E-state index is 5.30. The second kappa shape index (κ2) is 5.31. The highest BCUT2D eigenvalue weighted by Gasteiger charge is 1.95. The van der Waals surface area contributed by atoms with E-state index < -0.39 is 0 Å². The van der Waals surface area contributed by atoms with Crippen molar-refractivity contribution >= 4 is 6.08 Å². The molecule has 1 unspecified atom stereocenters. The molecule has 0 aliphatic carbocycles. The third-order valence-corrected chi connectivity index (χ3v) is 1.95. The van der Waals surface area contributed by atoms with E-state index in [2.05, 4.69) is 5.92 Å². The normalized spacial score (nSPS) is 12.9. The molecule has 1 atom stereocenters. The number of hydrogen-bond donors (Lipinski definition) is 0. The number of rotatable bonds is 4. The fraction of sp³-hybridized carbons (Fsp3) is 0.333. The molecule has 14 heavy (non-hydrogen) atoms. The molecular formula is C12H15NO. The average molecular weight is 189 g/mol. The summed E-state index contributed by atoms with van der Waals surface area (Å²) in [4.78, 5) is 0. The van der Waals surface area contributed by atoms with Gasteiger partial charge in [-0.15, -0.1) is 6.42 Å². The van der Waals surface area contributed by atoms with E-state index in [1.54, 1.807) is 0 Å². The van der Waals surface area contributed by atoms with Crippen LogP contribution in [0.5, 0.6) is 0 Å². The summed E-state index contributed by atoms with van der Waals surface area (Å²) in [5, 5.41) is 0. The van der Waals surface area contributed by atoms with E-state index in [4.69, 9.17) is 11.2 Å². The van der Waals surface area contributed by atoms with Crippen molar-refractivity contribution in [2.24, 2.45) is 7.05 Å². The lowest BCUT2D eigenvalue weighted by Crippen LogP contribution is -2.04. The van der Waals surface area contributed by atoms with Crippen molar-refractivity contribution in [1.29, 1.82) is 0 Å². The van der Waals surface area contributed by atoms with E-state index in [9.17, 15) is 0 Å². The summed E-state index contributed by atoms with van der Waals surface area (Å²) in [7, 11) is 2.01. The standard InChI is InChI=1S/C12H15NO/c1-4-10-14-11(2)7-8-12-6-5-9-13(12)3/h1,5-9,11H,10H2,2-3H3/b8-7+. The highest BCUT2D eigenvalue weighted by molar-refractivity contribution is 5.45. The Bertz CT molecular complexity index is 343. The summed E-state index contributed by atoms with van der Waals surface area (Å²) in [5.74, 6) is 2.44. The first-order valence-corrected chi connectivity index (χ1v) is 4.58. The van der Waals surface area contributed by atoms with Gasteiger partial charge in [-0.3, -0.25) is 0 Å². The maximum absolute atomic E-state index is 5.30. The Hall–Kier alpha value is -1.46. The van der Waals surface area contributed by atoms with Gasteiger partial charge in [0.1, 0.15) is 6.61 Å². The van der Waals surface area contributed by atoms with Gasteiger partial charge in [0.15, 0.2) is 0 Å². The second-order valence-corrected chi connectivity index (χ2v) is 3.12. The molecule has 0 saturated carbocycles. The zero-order valence-electron chi connectivity index (χ0n) is 8.60. The minimum atomic E-state index is 0.0564. The summed E-state index contributed by atoms with van der Waals surface area (Å²) in [6.07, 6.45) is 11.2. The van der Waals surface area contributed by atoms with Gasteiger partial charge in [0.25, 0.3) is 0 Å². The lowest BCUT2D eigenvalue weighted by Gasteiger charge is -2.04. The van der Waals surface area contributed by atoms with Crippen molar-refractivity contribution in [1.82, 2.24) is 4.57 Å². The first-order chi connectivity index (χ1) is 6.74. The first-order valence-electron chi connectivity index (χ1n) is 4.58. The lowest BCUT2D eigenvalue weighted by molar-refractivity contribution is 0.128. The topological polar surface area (TPSA) is 14.2 Å². The van der Waals surface area contributed by atoms with Gasteiger partial charge in [-0.1, -0.05) is 12.0 Å². The van der Waals surface area contributed by atoms with Crippen LogP contribution in [0, 0.1) is 12.3 Å². The van der Waals surface area contributed by atoms with Gasteiger partial charge in [-0.2, -0.15) is 0 Å². The largest absolute Gasteiger partial charge is 0.362 e. The molecule has 1 aromatic heterocycles. The van der Waals surface area contributed by atoms with E-state index in [0.717, 1.165) is 5.69 Å². The van der Waals surface area contributed by atoms with Crippen molar-refractivity contribution in [2.45, 2.75) is 13.0 Å². The van der Waals surface area contributed by atoms with Crippen molar-refractivity contribution in [2.75, 3.05) is 6.61 Å². The third kappa shape index (κ3) is 3.12. The predicted molar refractivity (Wildman–Crippen MR) is 58.7 cm³/mol. The van der Waals surface area contributed by atoms with Gasteiger partial charge in [0, 0.05) is 18.9 Å². The molecule has 2 heteroatoms. The highest BCUT2D eigenvalue weighted by Crippen LogP contribution is 2.04. The molecule has 74 valence electrons. The van der Waals surface area contributed by atoms with Crippen molar-refractivity contribution in [3.63, 3.8) is 0 Å². The summed E-state index contributed by atoms with van der Waals surface area (Å²) in [6.45, 7) is 2.33. The Morgan fingerprint density at radius 2 is 2.50 bits per heavy atom. The molecule has 0 amide bonds. The van der Waals surface area contributed by atoms with Crippen molar-refractivity contribution in [3.8, 4) is 12.3 Å². The maximum Gasteiger partial charge on any atom is 0.108 e. The van der Waals surface area contributed by atoms with Crippen LogP contribution in [0.25, 0.3) is 6.08 Å². The fourth-order valence-corrected chi connectivity index (χ4v) is 1.12. The average Bonchev–Trinajstić information content (AvgIpc) is 2.58. The molecule has 0 aromatic carbocycles. The molecule has 1 rings (SSSR count). The summed E-state index contributed by atoms with van der Waals surface area (Å²) in [5.41, 5.74) is 1.15. The van der Waals surface area contributed by atoms with Crippen LogP contribution in [0.1, 0.15) is 12.6 Å². The molecule has 0 spiro atoms. The molecule has 1 aromatic rings. The van der Waals surface area contributed by atoms with Gasteiger partial charge >= 0.3 is 0 Å². The van der Waals surface area contributed by atoms with Gasteiger partial charge in [-0.25, -0.2) is 0 Å². The number of nitrogens with zero attached hydrogens (tertiary/aromatic N) is 1. The van der Waals surface area contributed by atoms with E-state index in [1.807, 2.05) is 49.0 Å². The van der Waals surface area contributed by atoms with E-state index in [-0.39, 0.29) is 6.10 Å². The molecular weight excluding hydrogens is 174 g/mol. The summed E-state index contributed by atoms with van der Waals surface area (Å²) < 4.78 is 7.34. The van der Waals surface area contributed by atoms with Gasteiger partial charge in [0.2, 0.25) is 0 Å². The highest BCUT2D eigenvalue weighted by atomic mass is 16.5. The molecule has 0 N–H and O–H groups in total. The van der Waals surface area contributed by atoms with Gasteiger partial charge in [0.05, 0.1) is 6.10 Å². The first kappa shape index (κ1) is 10.6. The van der Waals surface area contributed by atoms with Crippen LogP contribution in [-0.4, -0.2) is 17.3 Å². The van der Waals surface area contributed by atoms with Crippen LogP contribution in [-0.2, 0) is 11.8 Å².